The van der Waals surface area contributed by atoms with Crippen LogP contribution >= 0.6 is 0 Å². The molecule has 0 bridgehead atoms. The van der Waals surface area contributed by atoms with Gasteiger partial charge in [-0.3, -0.25) is 4.98 Å². The molecule has 1 aliphatic rings. The van der Waals surface area contributed by atoms with Crippen LogP contribution in [0.3, 0.4) is 0 Å². The van der Waals surface area contributed by atoms with Crippen LogP contribution in [0, 0.1) is 13.8 Å². The number of morpholine rings is 1. The van der Waals surface area contributed by atoms with Gasteiger partial charge in [0.25, 0.3) is 0 Å². The third kappa shape index (κ3) is 4.86. The number of hydrogen-bond acceptors (Lipinski definition) is 3. The van der Waals surface area contributed by atoms with Gasteiger partial charge in [-0.2, -0.15) is 0 Å². The van der Waals surface area contributed by atoms with Crippen molar-refractivity contribution in [3.63, 3.8) is 0 Å². The zero-order valence-corrected chi connectivity index (χ0v) is 17.5. The molecule has 4 rings (SSSR count). The predicted octanol–water partition coefficient (Wildman–Crippen LogP) is 5.30. The lowest BCUT2D eigenvalue weighted by Gasteiger charge is -2.29. The lowest BCUT2D eigenvalue weighted by Crippen LogP contribution is -2.36. The van der Waals surface area contributed by atoms with Crippen molar-refractivity contribution >= 4 is 5.69 Å². The average Bonchev–Trinajstić information content (AvgIpc) is 2.76. The number of rotatable bonds is 6. The first-order valence-corrected chi connectivity index (χ1v) is 10.6. The number of pyridine rings is 1. The third-order valence-electron chi connectivity index (χ3n) is 5.92. The van der Waals surface area contributed by atoms with Crippen molar-refractivity contribution in [3.8, 4) is 0 Å². The van der Waals surface area contributed by atoms with Crippen molar-refractivity contribution in [2.45, 2.75) is 32.6 Å². The van der Waals surface area contributed by atoms with Crippen molar-refractivity contribution < 1.29 is 4.74 Å². The first-order valence-electron chi connectivity index (χ1n) is 10.6. The van der Waals surface area contributed by atoms with Gasteiger partial charge in [0.15, 0.2) is 0 Å². The van der Waals surface area contributed by atoms with Crippen molar-refractivity contribution in [3.05, 3.63) is 94.8 Å². The Kier molecular flexibility index (Phi) is 6.26. The van der Waals surface area contributed by atoms with Crippen LogP contribution in [0.2, 0.25) is 0 Å². The molecule has 2 aromatic carbocycles. The number of aryl methyl sites for hydroxylation is 3. The van der Waals surface area contributed by atoms with E-state index in [1.165, 1.54) is 27.9 Å². The van der Waals surface area contributed by atoms with Crippen LogP contribution in [0.4, 0.5) is 5.69 Å². The molecule has 0 unspecified atom stereocenters. The van der Waals surface area contributed by atoms with E-state index < -0.39 is 0 Å². The first-order chi connectivity index (χ1) is 14.2. The molecule has 0 aliphatic carbocycles. The summed E-state index contributed by atoms with van der Waals surface area (Å²) in [5.41, 5.74) is 7.93. The highest BCUT2D eigenvalue weighted by Crippen LogP contribution is 2.33. The summed E-state index contributed by atoms with van der Waals surface area (Å²) < 4.78 is 5.49. The molecule has 0 radical (unpaired) electrons. The molecule has 3 nitrogen and oxygen atoms in total. The predicted molar refractivity (Wildman–Crippen MR) is 120 cm³/mol. The van der Waals surface area contributed by atoms with Crippen LogP contribution in [-0.4, -0.2) is 31.3 Å². The van der Waals surface area contributed by atoms with Crippen LogP contribution in [0.1, 0.15) is 40.3 Å². The summed E-state index contributed by atoms with van der Waals surface area (Å²) in [7, 11) is 0. The molecule has 1 saturated heterocycles. The highest BCUT2D eigenvalue weighted by atomic mass is 16.5. The molecule has 3 aromatic rings. The topological polar surface area (TPSA) is 25.4 Å². The van der Waals surface area contributed by atoms with Gasteiger partial charge in [0, 0.05) is 36.6 Å². The van der Waals surface area contributed by atoms with Crippen molar-refractivity contribution in [1.82, 2.24) is 4.98 Å². The second-order valence-corrected chi connectivity index (χ2v) is 7.94. The number of aromatic nitrogens is 1. The Balaban J connectivity index is 1.58. The molecular formula is C26H30N2O. The molecule has 0 amide bonds. The fourth-order valence-electron chi connectivity index (χ4n) is 4.29. The molecule has 3 heteroatoms. The second kappa shape index (κ2) is 9.23. The van der Waals surface area contributed by atoms with Gasteiger partial charge in [-0.05, 0) is 73.2 Å². The lowest BCUT2D eigenvalue weighted by molar-refractivity contribution is 0.122. The van der Waals surface area contributed by atoms with Gasteiger partial charge < -0.3 is 9.64 Å². The van der Waals surface area contributed by atoms with Crippen LogP contribution < -0.4 is 4.90 Å². The summed E-state index contributed by atoms with van der Waals surface area (Å²) in [4.78, 5) is 6.75. The molecule has 2 heterocycles. The number of benzene rings is 2. The van der Waals surface area contributed by atoms with E-state index in [0.717, 1.165) is 44.8 Å². The highest BCUT2D eigenvalue weighted by Gasteiger charge is 2.18. The quantitative estimate of drug-likeness (QED) is 0.575. The van der Waals surface area contributed by atoms with Crippen molar-refractivity contribution in [1.29, 1.82) is 0 Å². The summed E-state index contributed by atoms with van der Waals surface area (Å²) in [6, 6.07) is 22.3. The molecule has 150 valence electrons. The smallest absolute Gasteiger partial charge is 0.0642 e. The Labute approximate surface area is 174 Å². The maximum Gasteiger partial charge on any atom is 0.0642 e. The molecule has 0 saturated carbocycles. The largest absolute Gasteiger partial charge is 0.378 e. The van der Waals surface area contributed by atoms with Gasteiger partial charge in [0.2, 0.25) is 0 Å². The molecule has 1 aromatic heterocycles. The number of ether oxygens (including phenoxy) is 1. The minimum atomic E-state index is 0.392. The Morgan fingerprint density at radius 1 is 0.966 bits per heavy atom. The summed E-state index contributed by atoms with van der Waals surface area (Å²) in [5, 5.41) is 0. The van der Waals surface area contributed by atoms with Gasteiger partial charge in [-0.1, -0.05) is 36.4 Å². The van der Waals surface area contributed by atoms with E-state index in [-0.39, 0.29) is 0 Å². The summed E-state index contributed by atoms with van der Waals surface area (Å²) in [6.07, 6.45) is 4.06. The average molecular weight is 387 g/mol. The monoisotopic (exact) mass is 386 g/mol. The van der Waals surface area contributed by atoms with Gasteiger partial charge in [-0.25, -0.2) is 0 Å². The Morgan fingerprint density at radius 2 is 1.72 bits per heavy atom. The first kappa shape index (κ1) is 19.7. The van der Waals surface area contributed by atoms with Gasteiger partial charge in [0.1, 0.15) is 0 Å². The van der Waals surface area contributed by atoms with E-state index in [0.29, 0.717) is 5.92 Å². The van der Waals surface area contributed by atoms with Crippen LogP contribution in [0.15, 0.2) is 66.9 Å². The minimum Gasteiger partial charge on any atom is -0.378 e. The maximum absolute atomic E-state index is 5.49. The van der Waals surface area contributed by atoms with Gasteiger partial charge in [-0.15, -0.1) is 0 Å². The molecular weight excluding hydrogens is 356 g/mol. The molecule has 0 spiro atoms. The van der Waals surface area contributed by atoms with Gasteiger partial charge in [0.05, 0.1) is 13.2 Å². The molecule has 1 atom stereocenters. The van der Waals surface area contributed by atoms with Gasteiger partial charge >= 0.3 is 0 Å². The molecule has 1 aliphatic heterocycles. The lowest BCUT2D eigenvalue weighted by atomic mass is 9.84. The van der Waals surface area contributed by atoms with E-state index >= 15 is 0 Å². The Morgan fingerprint density at radius 3 is 2.45 bits per heavy atom. The van der Waals surface area contributed by atoms with E-state index in [4.69, 9.17) is 4.74 Å². The molecule has 1 fully saturated rings. The van der Waals surface area contributed by atoms with Crippen molar-refractivity contribution in [2.75, 3.05) is 31.2 Å². The number of anilines is 1. The molecule has 29 heavy (non-hydrogen) atoms. The van der Waals surface area contributed by atoms with Crippen LogP contribution in [-0.2, 0) is 11.2 Å². The minimum absolute atomic E-state index is 0.392. The van der Waals surface area contributed by atoms with E-state index in [2.05, 4.69) is 84.4 Å². The Hall–Kier alpha value is -2.65. The third-order valence-corrected chi connectivity index (χ3v) is 5.92. The summed E-state index contributed by atoms with van der Waals surface area (Å²) >= 11 is 0. The summed E-state index contributed by atoms with van der Waals surface area (Å²) in [5.74, 6) is 0.392. The zero-order valence-electron chi connectivity index (χ0n) is 17.5. The zero-order chi connectivity index (χ0) is 20.1. The number of hydrogen-bond donors (Lipinski definition) is 0. The second-order valence-electron chi connectivity index (χ2n) is 7.94. The van der Waals surface area contributed by atoms with E-state index in [1.807, 2.05) is 6.20 Å². The van der Waals surface area contributed by atoms with E-state index in [1.54, 1.807) is 0 Å². The SMILES string of the molecule is Cc1cc(CC[C@H](c2ccc(N3CCOCC3)cc2)c2ccccc2C)ccn1. The summed E-state index contributed by atoms with van der Waals surface area (Å²) in [6.45, 7) is 7.87. The fourth-order valence-corrected chi connectivity index (χ4v) is 4.29. The van der Waals surface area contributed by atoms with Crippen LogP contribution in [0.25, 0.3) is 0 Å². The standard InChI is InChI=1S/C26H30N2O/c1-20-5-3-4-6-25(20)26(12-7-22-13-14-27-21(2)19-22)23-8-10-24(11-9-23)28-15-17-29-18-16-28/h3-6,8-11,13-14,19,26H,7,12,15-18H2,1-2H3/t26-/m1/s1. The van der Waals surface area contributed by atoms with Crippen LogP contribution in [0.5, 0.6) is 0 Å². The fraction of sp³-hybridized carbons (Fsp3) is 0.346. The normalized spacial score (nSPS) is 15.3. The van der Waals surface area contributed by atoms with Crippen molar-refractivity contribution in [2.24, 2.45) is 0 Å². The maximum atomic E-state index is 5.49. The highest BCUT2D eigenvalue weighted by molar-refractivity contribution is 5.50. The van der Waals surface area contributed by atoms with E-state index in [9.17, 15) is 0 Å². The number of nitrogens with zero attached hydrogens (tertiary/aromatic N) is 2. The molecule has 0 N–H and O–H groups in total. The Bertz CT molecular complexity index is 929.